The maximum atomic E-state index is 9.21. The molecule has 0 aromatic carbocycles. The number of aryl methyl sites for hydroxylation is 2. The van der Waals surface area contributed by atoms with Crippen LogP contribution in [-0.4, -0.2) is 29.4 Å². The molecule has 92 valence electrons. The Balaban J connectivity index is 2.35. The monoisotopic (exact) mass is 233 g/mol. The first-order valence-corrected chi connectivity index (χ1v) is 5.96. The normalized spacial score (nSPS) is 16.6. The van der Waals surface area contributed by atoms with Gasteiger partial charge in [0.2, 0.25) is 0 Å². The highest BCUT2D eigenvalue weighted by atomic mass is 15.4. The summed E-state index contributed by atoms with van der Waals surface area (Å²) in [5, 5.41) is 13.5. The maximum Gasteiger partial charge on any atom is 0.145 e. The Morgan fingerprint density at radius 1 is 1.65 bits per heavy atom. The number of likely N-dealkylation sites (N-methyl/N-ethyl adjacent to an activating group) is 1. The highest BCUT2D eigenvalue weighted by Gasteiger charge is 2.35. The van der Waals surface area contributed by atoms with Crippen LogP contribution in [0.1, 0.15) is 24.1 Å². The number of hydrogen-bond acceptors (Lipinski definition) is 4. The summed E-state index contributed by atoms with van der Waals surface area (Å²) in [5.74, 6) is 1.55. The molecular formula is C12H19N5. The van der Waals surface area contributed by atoms with Crippen molar-refractivity contribution >= 4 is 5.82 Å². The summed E-state index contributed by atoms with van der Waals surface area (Å²) in [4.78, 5) is 2.12. The molecule has 0 amide bonds. The largest absolute Gasteiger partial charge is 0.354 e. The summed E-state index contributed by atoms with van der Waals surface area (Å²) >= 11 is 0. The topological polar surface area (TPSA) is 70.9 Å². The van der Waals surface area contributed by atoms with Crippen LogP contribution in [0.2, 0.25) is 0 Å². The SMILES string of the molecule is Cc1nn(C)c(N(C)C(CN)C2CC2)c1C#N. The highest BCUT2D eigenvalue weighted by Crippen LogP contribution is 2.36. The van der Waals surface area contributed by atoms with Crippen molar-refractivity contribution in [3.05, 3.63) is 11.3 Å². The first-order valence-electron chi connectivity index (χ1n) is 5.96. The highest BCUT2D eigenvalue weighted by molar-refractivity contribution is 5.57. The van der Waals surface area contributed by atoms with Gasteiger partial charge in [0.1, 0.15) is 17.5 Å². The lowest BCUT2D eigenvalue weighted by atomic mass is 10.1. The Labute approximate surface area is 102 Å². The minimum absolute atomic E-state index is 0.317. The zero-order valence-electron chi connectivity index (χ0n) is 10.6. The summed E-state index contributed by atoms with van der Waals surface area (Å²) in [5.41, 5.74) is 7.29. The van der Waals surface area contributed by atoms with Crippen molar-refractivity contribution in [1.29, 1.82) is 5.26 Å². The van der Waals surface area contributed by atoms with Crippen LogP contribution < -0.4 is 10.6 Å². The van der Waals surface area contributed by atoms with E-state index in [1.54, 1.807) is 4.68 Å². The number of rotatable bonds is 4. The Morgan fingerprint density at radius 3 is 2.76 bits per heavy atom. The van der Waals surface area contributed by atoms with E-state index in [1.807, 2.05) is 21.0 Å². The zero-order chi connectivity index (χ0) is 12.6. The Bertz CT molecular complexity index is 452. The van der Waals surface area contributed by atoms with Gasteiger partial charge in [-0.1, -0.05) is 0 Å². The van der Waals surface area contributed by atoms with Gasteiger partial charge in [-0.15, -0.1) is 0 Å². The maximum absolute atomic E-state index is 9.21. The molecule has 1 heterocycles. The Morgan fingerprint density at radius 2 is 2.29 bits per heavy atom. The predicted molar refractivity (Wildman–Crippen MR) is 66.6 cm³/mol. The van der Waals surface area contributed by atoms with Crippen LogP contribution in [0, 0.1) is 24.2 Å². The van der Waals surface area contributed by atoms with E-state index in [4.69, 9.17) is 5.73 Å². The molecule has 17 heavy (non-hydrogen) atoms. The van der Waals surface area contributed by atoms with Crippen molar-refractivity contribution < 1.29 is 0 Å². The van der Waals surface area contributed by atoms with Crippen LogP contribution in [0.3, 0.4) is 0 Å². The third-order valence-corrected chi connectivity index (χ3v) is 3.54. The standard InChI is InChI=1S/C12H19N5/c1-8-10(6-13)12(17(3)15-8)16(2)11(7-14)9-4-5-9/h9,11H,4-5,7,14H2,1-3H3. The van der Waals surface area contributed by atoms with E-state index in [1.165, 1.54) is 12.8 Å². The molecule has 0 bridgehead atoms. The summed E-state index contributed by atoms with van der Waals surface area (Å²) in [6, 6.07) is 2.55. The van der Waals surface area contributed by atoms with Crippen LogP contribution in [-0.2, 0) is 7.05 Å². The quantitative estimate of drug-likeness (QED) is 0.834. The van der Waals surface area contributed by atoms with E-state index in [0.29, 0.717) is 24.1 Å². The molecule has 0 spiro atoms. The number of nitriles is 1. The lowest BCUT2D eigenvalue weighted by Gasteiger charge is -2.29. The van der Waals surface area contributed by atoms with Gasteiger partial charge in [-0.2, -0.15) is 10.4 Å². The van der Waals surface area contributed by atoms with E-state index >= 15 is 0 Å². The van der Waals surface area contributed by atoms with Gasteiger partial charge in [0.25, 0.3) is 0 Å². The van der Waals surface area contributed by atoms with Crippen molar-refractivity contribution in [2.24, 2.45) is 18.7 Å². The van der Waals surface area contributed by atoms with Crippen LogP contribution in [0.4, 0.5) is 5.82 Å². The first kappa shape index (κ1) is 11.9. The molecule has 5 heteroatoms. The average Bonchev–Trinajstić information content (AvgIpc) is 3.05. The fraction of sp³-hybridized carbons (Fsp3) is 0.667. The van der Waals surface area contributed by atoms with Crippen LogP contribution in [0.25, 0.3) is 0 Å². The zero-order valence-corrected chi connectivity index (χ0v) is 10.6. The van der Waals surface area contributed by atoms with Gasteiger partial charge >= 0.3 is 0 Å². The second kappa shape index (κ2) is 4.38. The first-order chi connectivity index (χ1) is 8.10. The Kier molecular flexibility index (Phi) is 3.07. The van der Waals surface area contributed by atoms with Gasteiger partial charge in [0.05, 0.1) is 5.69 Å². The summed E-state index contributed by atoms with van der Waals surface area (Å²) in [7, 11) is 3.88. The molecule has 1 aliphatic carbocycles. The van der Waals surface area contributed by atoms with Gasteiger partial charge < -0.3 is 10.6 Å². The van der Waals surface area contributed by atoms with Crippen molar-refractivity contribution in [2.75, 3.05) is 18.5 Å². The molecular weight excluding hydrogens is 214 g/mol. The van der Waals surface area contributed by atoms with Crippen molar-refractivity contribution in [3.63, 3.8) is 0 Å². The number of hydrogen-bond donors (Lipinski definition) is 1. The van der Waals surface area contributed by atoms with Crippen molar-refractivity contribution in [1.82, 2.24) is 9.78 Å². The van der Waals surface area contributed by atoms with E-state index < -0.39 is 0 Å². The van der Waals surface area contributed by atoms with E-state index in [2.05, 4.69) is 16.1 Å². The van der Waals surface area contributed by atoms with Crippen molar-refractivity contribution in [3.8, 4) is 6.07 Å². The lowest BCUT2D eigenvalue weighted by Crippen LogP contribution is -2.41. The van der Waals surface area contributed by atoms with E-state index in [9.17, 15) is 5.26 Å². The van der Waals surface area contributed by atoms with E-state index in [-0.39, 0.29) is 0 Å². The second-order valence-electron chi connectivity index (χ2n) is 4.77. The molecule has 1 aromatic rings. The average molecular weight is 233 g/mol. The molecule has 1 aromatic heterocycles. The number of nitrogens with zero attached hydrogens (tertiary/aromatic N) is 4. The fourth-order valence-electron chi connectivity index (χ4n) is 2.49. The molecule has 1 saturated carbocycles. The fourth-order valence-corrected chi connectivity index (χ4v) is 2.49. The van der Waals surface area contributed by atoms with Gasteiger partial charge in [-0.3, -0.25) is 4.68 Å². The number of aromatic nitrogens is 2. The molecule has 1 aliphatic rings. The number of anilines is 1. The van der Waals surface area contributed by atoms with Crippen LogP contribution in [0.5, 0.6) is 0 Å². The Hall–Kier alpha value is -1.54. The predicted octanol–water partition coefficient (Wildman–Crippen LogP) is 0.774. The minimum Gasteiger partial charge on any atom is -0.354 e. The molecule has 0 radical (unpaired) electrons. The van der Waals surface area contributed by atoms with Gasteiger partial charge in [0, 0.05) is 26.7 Å². The van der Waals surface area contributed by atoms with Crippen LogP contribution in [0.15, 0.2) is 0 Å². The lowest BCUT2D eigenvalue weighted by molar-refractivity contribution is 0.554. The molecule has 1 atom stereocenters. The smallest absolute Gasteiger partial charge is 0.145 e. The molecule has 2 N–H and O–H groups in total. The molecule has 1 fully saturated rings. The molecule has 5 nitrogen and oxygen atoms in total. The van der Waals surface area contributed by atoms with Crippen LogP contribution >= 0.6 is 0 Å². The third-order valence-electron chi connectivity index (χ3n) is 3.54. The minimum atomic E-state index is 0.317. The molecule has 0 saturated heterocycles. The van der Waals surface area contributed by atoms with Crippen molar-refractivity contribution in [2.45, 2.75) is 25.8 Å². The van der Waals surface area contributed by atoms with Gasteiger partial charge in [0.15, 0.2) is 0 Å². The van der Waals surface area contributed by atoms with Gasteiger partial charge in [-0.05, 0) is 25.7 Å². The van der Waals surface area contributed by atoms with E-state index in [0.717, 1.165) is 11.5 Å². The summed E-state index contributed by atoms with van der Waals surface area (Å²) in [6.45, 7) is 2.49. The summed E-state index contributed by atoms with van der Waals surface area (Å²) < 4.78 is 1.78. The third kappa shape index (κ3) is 2.01. The molecule has 1 unspecified atom stereocenters. The second-order valence-corrected chi connectivity index (χ2v) is 4.77. The number of nitrogens with two attached hydrogens (primary N) is 1. The summed E-state index contributed by atoms with van der Waals surface area (Å²) in [6.07, 6.45) is 2.48. The molecule has 2 rings (SSSR count). The van der Waals surface area contributed by atoms with Gasteiger partial charge in [-0.25, -0.2) is 0 Å². The molecule has 0 aliphatic heterocycles.